The first-order chi connectivity index (χ1) is 30.2. The zero-order valence-electron chi connectivity index (χ0n) is 33.1. The maximum absolute atomic E-state index is 10.4. The Hall–Kier alpha value is -8.44. The van der Waals surface area contributed by atoms with E-state index in [-0.39, 0.29) is 5.57 Å². The van der Waals surface area contributed by atoms with Crippen LogP contribution in [-0.4, -0.2) is 4.57 Å². The molecule has 0 bridgehead atoms. The van der Waals surface area contributed by atoms with Crippen molar-refractivity contribution in [3.8, 4) is 17.8 Å². The fourth-order valence-corrected chi connectivity index (χ4v) is 9.88. The Balaban J connectivity index is 1.16. The molecule has 0 aliphatic heterocycles. The Morgan fingerprint density at radius 3 is 1.52 bits per heavy atom. The lowest BCUT2D eigenvalue weighted by Crippen LogP contribution is -2.36. The number of fused-ring (bicyclic) bond motifs is 7. The van der Waals surface area contributed by atoms with E-state index in [1.54, 1.807) is 0 Å². The van der Waals surface area contributed by atoms with E-state index in [4.69, 9.17) is 0 Å². The maximum Gasteiger partial charge on any atom is 0.138 e. The lowest BCUT2D eigenvalue weighted by Gasteiger charge is -2.43. The summed E-state index contributed by atoms with van der Waals surface area (Å²) in [6.07, 6.45) is 0. The zero-order chi connectivity index (χ0) is 40.9. The van der Waals surface area contributed by atoms with E-state index in [0.717, 1.165) is 67.2 Å². The molecule has 1 aliphatic rings. The molecule has 10 aromatic rings. The smallest absolute Gasteiger partial charge is 0.138 e. The van der Waals surface area contributed by atoms with E-state index in [0.29, 0.717) is 5.57 Å². The number of hydrogen-bond acceptors (Lipinski definition) is 3. The van der Waals surface area contributed by atoms with Crippen LogP contribution in [-0.2, 0) is 5.41 Å². The standard InChI is InChI=1S/C57H36N4/c58-37-40(38-59)55-48-21-9-12-24-51(48)57(52-25-13-10-22-49(52)55,41-28-32-45(33-29-41)60(43-16-3-1-4-17-43)44-18-5-2-6-19-44)42-30-34-46(35-31-42)61-53-26-14-11-23-50(53)56-47-20-8-7-15-39(47)27-36-54(56)61/h1-36H. The minimum absolute atomic E-state index is 0.0967. The molecule has 0 N–H and O–H groups in total. The number of nitrogens with zero attached hydrogens (tertiary/aromatic N) is 4. The van der Waals surface area contributed by atoms with E-state index in [9.17, 15) is 10.5 Å². The Morgan fingerprint density at radius 2 is 0.918 bits per heavy atom. The minimum Gasteiger partial charge on any atom is -0.311 e. The van der Waals surface area contributed by atoms with Crippen LogP contribution in [0.3, 0.4) is 0 Å². The molecule has 0 unspecified atom stereocenters. The summed E-state index contributed by atoms with van der Waals surface area (Å²) in [5.74, 6) is 0. The highest BCUT2D eigenvalue weighted by molar-refractivity contribution is 6.21. The monoisotopic (exact) mass is 776 g/mol. The average molecular weight is 777 g/mol. The molecule has 61 heavy (non-hydrogen) atoms. The summed E-state index contributed by atoms with van der Waals surface area (Å²) in [6.45, 7) is 0. The largest absolute Gasteiger partial charge is 0.311 e. The Labute approximate surface area is 354 Å². The van der Waals surface area contributed by atoms with Crippen molar-refractivity contribution in [2.24, 2.45) is 0 Å². The number of allylic oxidation sites excluding steroid dienone is 1. The van der Waals surface area contributed by atoms with Gasteiger partial charge >= 0.3 is 0 Å². The summed E-state index contributed by atoms with van der Waals surface area (Å²) in [7, 11) is 0. The van der Waals surface area contributed by atoms with Gasteiger partial charge in [-0.15, -0.1) is 0 Å². The fourth-order valence-electron chi connectivity index (χ4n) is 9.88. The topological polar surface area (TPSA) is 55.8 Å². The highest BCUT2D eigenvalue weighted by Crippen LogP contribution is 2.55. The third-order valence-corrected chi connectivity index (χ3v) is 12.4. The average Bonchev–Trinajstić information content (AvgIpc) is 3.68. The summed E-state index contributed by atoms with van der Waals surface area (Å²) in [6, 6.07) is 81.6. The van der Waals surface area contributed by atoms with Crippen LogP contribution in [0.5, 0.6) is 0 Å². The van der Waals surface area contributed by atoms with Crippen LogP contribution in [0.25, 0.3) is 43.8 Å². The van der Waals surface area contributed by atoms with Gasteiger partial charge in [0.25, 0.3) is 0 Å². The van der Waals surface area contributed by atoms with Crippen LogP contribution < -0.4 is 4.90 Å². The Kier molecular flexibility index (Phi) is 8.45. The zero-order valence-corrected chi connectivity index (χ0v) is 33.1. The molecule has 284 valence electrons. The fraction of sp³-hybridized carbons (Fsp3) is 0.0175. The highest BCUT2D eigenvalue weighted by atomic mass is 15.1. The van der Waals surface area contributed by atoms with Crippen LogP contribution in [0.15, 0.2) is 224 Å². The molecule has 0 saturated heterocycles. The molecule has 1 aromatic heterocycles. The van der Waals surface area contributed by atoms with Crippen LogP contribution in [0.2, 0.25) is 0 Å². The number of hydrogen-bond donors (Lipinski definition) is 0. The second-order valence-corrected chi connectivity index (χ2v) is 15.4. The van der Waals surface area contributed by atoms with E-state index >= 15 is 0 Å². The first kappa shape index (κ1) is 35.7. The van der Waals surface area contributed by atoms with Crippen molar-refractivity contribution in [3.63, 3.8) is 0 Å². The van der Waals surface area contributed by atoms with Crippen LogP contribution in [0.1, 0.15) is 33.4 Å². The van der Waals surface area contributed by atoms with Gasteiger partial charge in [-0.2, -0.15) is 10.5 Å². The van der Waals surface area contributed by atoms with Gasteiger partial charge in [0.15, 0.2) is 0 Å². The summed E-state index contributed by atoms with van der Waals surface area (Å²) >= 11 is 0. The molecule has 0 spiro atoms. The first-order valence-electron chi connectivity index (χ1n) is 20.5. The Morgan fingerprint density at radius 1 is 0.426 bits per heavy atom. The molecule has 0 amide bonds. The van der Waals surface area contributed by atoms with Gasteiger partial charge in [0.05, 0.1) is 16.4 Å². The van der Waals surface area contributed by atoms with Gasteiger partial charge < -0.3 is 9.47 Å². The van der Waals surface area contributed by atoms with Crippen LogP contribution in [0, 0.1) is 22.7 Å². The summed E-state index contributed by atoms with van der Waals surface area (Å²) in [5.41, 5.74) is 12.4. The predicted molar refractivity (Wildman–Crippen MR) is 249 cm³/mol. The van der Waals surface area contributed by atoms with Gasteiger partial charge in [0, 0.05) is 39.1 Å². The molecule has 4 heteroatoms. The Bertz CT molecular complexity index is 3310. The van der Waals surface area contributed by atoms with Crippen molar-refractivity contribution in [2.45, 2.75) is 5.41 Å². The third-order valence-electron chi connectivity index (χ3n) is 12.4. The van der Waals surface area contributed by atoms with Gasteiger partial charge in [0.2, 0.25) is 0 Å². The lowest BCUT2D eigenvalue weighted by atomic mass is 9.58. The molecule has 1 aliphatic carbocycles. The van der Waals surface area contributed by atoms with Crippen LogP contribution >= 0.6 is 0 Å². The minimum atomic E-state index is -0.814. The molecule has 4 nitrogen and oxygen atoms in total. The van der Waals surface area contributed by atoms with E-state index in [1.165, 1.54) is 21.5 Å². The quantitative estimate of drug-likeness (QED) is 0.158. The molecule has 0 fully saturated rings. The molecule has 1 heterocycles. The molecular weight excluding hydrogens is 741 g/mol. The number of anilines is 3. The third kappa shape index (κ3) is 5.44. The SMILES string of the molecule is N#CC(C#N)=C1c2ccccc2C(c2ccc(N(c3ccccc3)c3ccccc3)cc2)(c2ccc(-n3c4ccccc4c4c5ccccc5ccc43)cc2)c2ccccc21. The van der Waals surface area contributed by atoms with E-state index in [2.05, 4.69) is 216 Å². The summed E-state index contributed by atoms with van der Waals surface area (Å²) < 4.78 is 2.37. The number of nitriles is 2. The van der Waals surface area contributed by atoms with E-state index < -0.39 is 5.41 Å². The lowest BCUT2D eigenvalue weighted by molar-refractivity contribution is 0.731. The van der Waals surface area contributed by atoms with Gasteiger partial charge in [-0.3, -0.25) is 0 Å². The second kappa shape index (κ2) is 14.4. The van der Waals surface area contributed by atoms with Gasteiger partial charge in [-0.05, 0) is 105 Å². The van der Waals surface area contributed by atoms with E-state index in [1.807, 2.05) is 24.3 Å². The molecule has 0 radical (unpaired) electrons. The van der Waals surface area contributed by atoms with Gasteiger partial charge in [-0.1, -0.05) is 158 Å². The highest BCUT2D eigenvalue weighted by Gasteiger charge is 2.46. The van der Waals surface area contributed by atoms with Crippen molar-refractivity contribution < 1.29 is 0 Å². The molecule has 9 aromatic carbocycles. The van der Waals surface area contributed by atoms with Crippen molar-refractivity contribution in [3.05, 3.63) is 257 Å². The van der Waals surface area contributed by atoms with Crippen molar-refractivity contribution >= 4 is 55.2 Å². The normalized spacial score (nSPS) is 14.2. The number of para-hydroxylation sites is 3. The van der Waals surface area contributed by atoms with Gasteiger partial charge in [-0.25, -0.2) is 0 Å². The summed E-state index contributed by atoms with van der Waals surface area (Å²) in [4.78, 5) is 2.27. The number of aromatic nitrogens is 1. The molecule has 0 atom stereocenters. The molecule has 11 rings (SSSR count). The van der Waals surface area contributed by atoms with Crippen molar-refractivity contribution in [1.29, 1.82) is 10.5 Å². The first-order valence-corrected chi connectivity index (χ1v) is 20.5. The maximum atomic E-state index is 10.4. The van der Waals surface area contributed by atoms with Gasteiger partial charge in [0.1, 0.15) is 17.7 Å². The van der Waals surface area contributed by atoms with Crippen molar-refractivity contribution in [1.82, 2.24) is 4.57 Å². The number of benzene rings is 9. The summed E-state index contributed by atoms with van der Waals surface area (Å²) in [5, 5.41) is 25.6. The van der Waals surface area contributed by atoms with Crippen LogP contribution in [0.4, 0.5) is 17.1 Å². The predicted octanol–water partition coefficient (Wildman–Crippen LogP) is 14.0. The molecule has 0 saturated carbocycles. The number of rotatable bonds is 6. The van der Waals surface area contributed by atoms with Crippen molar-refractivity contribution in [2.75, 3.05) is 4.90 Å². The molecular formula is C57H36N4. The second-order valence-electron chi connectivity index (χ2n) is 15.4.